The Hall–Kier alpha value is -2.77. The van der Waals surface area contributed by atoms with E-state index in [0.29, 0.717) is 15.8 Å². The van der Waals surface area contributed by atoms with Gasteiger partial charge in [0.05, 0.1) is 10.6 Å². The third-order valence-corrected chi connectivity index (χ3v) is 5.49. The van der Waals surface area contributed by atoms with Crippen molar-refractivity contribution in [2.24, 2.45) is 4.99 Å². The third-order valence-electron chi connectivity index (χ3n) is 3.71. The summed E-state index contributed by atoms with van der Waals surface area (Å²) >= 11 is 2.73. The summed E-state index contributed by atoms with van der Waals surface area (Å²) in [6, 6.07) is 17.2. The zero-order valence-electron chi connectivity index (χ0n) is 14.4. The minimum Gasteiger partial charge on any atom is -0.450 e. The van der Waals surface area contributed by atoms with E-state index < -0.39 is 0 Å². The average molecular weight is 393 g/mol. The minimum atomic E-state index is -0.178. The molecule has 27 heavy (non-hydrogen) atoms. The largest absolute Gasteiger partial charge is 0.450 e. The van der Waals surface area contributed by atoms with E-state index in [-0.39, 0.29) is 5.91 Å². The summed E-state index contributed by atoms with van der Waals surface area (Å²) in [5.41, 5.74) is 1.90. The van der Waals surface area contributed by atoms with E-state index in [9.17, 15) is 4.79 Å². The maximum absolute atomic E-state index is 12.2. The highest BCUT2D eigenvalue weighted by atomic mass is 32.2. The number of amides is 1. The molecule has 0 radical (unpaired) electrons. The molecule has 5 nitrogen and oxygen atoms in total. The van der Waals surface area contributed by atoms with E-state index in [1.807, 2.05) is 61.5 Å². The fraction of sp³-hybridized carbons (Fsp3) is 0.0500. The first-order valence-electron chi connectivity index (χ1n) is 8.21. The molecule has 3 heterocycles. The molecule has 0 spiro atoms. The van der Waals surface area contributed by atoms with Gasteiger partial charge in [-0.3, -0.25) is 4.79 Å². The number of amidine groups is 1. The van der Waals surface area contributed by atoms with Crippen LogP contribution in [0.25, 0.3) is 6.08 Å². The fourth-order valence-electron chi connectivity index (χ4n) is 2.39. The van der Waals surface area contributed by atoms with Crippen molar-refractivity contribution < 1.29 is 9.21 Å². The summed E-state index contributed by atoms with van der Waals surface area (Å²) in [6.45, 7) is 1.99. The maximum Gasteiger partial charge on any atom is 0.264 e. The van der Waals surface area contributed by atoms with Gasteiger partial charge in [-0.05, 0) is 66.3 Å². The van der Waals surface area contributed by atoms with Gasteiger partial charge < -0.3 is 9.73 Å². The molecule has 0 saturated carbocycles. The molecule has 1 N–H and O–H groups in total. The normalized spacial score (nSPS) is 16.9. The van der Waals surface area contributed by atoms with Crippen LogP contribution in [0.2, 0.25) is 0 Å². The predicted octanol–water partition coefficient (Wildman–Crippen LogP) is 5.03. The van der Waals surface area contributed by atoms with E-state index in [4.69, 9.17) is 4.42 Å². The molecule has 0 unspecified atom stereocenters. The Morgan fingerprint density at radius 2 is 2.00 bits per heavy atom. The van der Waals surface area contributed by atoms with Crippen molar-refractivity contribution in [2.45, 2.75) is 17.0 Å². The predicted molar refractivity (Wildman–Crippen MR) is 109 cm³/mol. The van der Waals surface area contributed by atoms with Gasteiger partial charge in [-0.1, -0.05) is 24.3 Å². The van der Waals surface area contributed by atoms with Crippen LogP contribution in [0.3, 0.4) is 0 Å². The highest BCUT2D eigenvalue weighted by Gasteiger charge is 2.24. The van der Waals surface area contributed by atoms with Gasteiger partial charge in [-0.25, -0.2) is 9.98 Å². The van der Waals surface area contributed by atoms with Crippen LogP contribution in [0.1, 0.15) is 11.3 Å². The first-order valence-corrected chi connectivity index (χ1v) is 9.84. The second-order valence-corrected chi connectivity index (χ2v) is 7.75. The topological polar surface area (TPSA) is 67.5 Å². The number of rotatable bonds is 4. The van der Waals surface area contributed by atoms with E-state index in [0.717, 1.165) is 21.4 Å². The molecule has 0 bridgehead atoms. The first-order chi connectivity index (χ1) is 13.2. The average Bonchev–Trinajstić information content (AvgIpc) is 3.24. The van der Waals surface area contributed by atoms with Gasteiger partial charge in [0.2, 0.25) is 0 Å². The summed E-state index contributed by atoms with van der Waals surface area (Å²) in [4.78, 5) is 21.6. The van der Waals surface area contributed by atoms with Crippen LogP contribution in [0.4, 0.5) is 5.69 Å². The number of aromatic nitrogens is 1. The van der Waals surface area contributed by atoms with Gasteiger partial charge in [0.15, 0.2) is 10.3 Å². The van der Waals surface area contributed by atoms with Gasteiger partial charge >= 0.3 is 0 Å². The Bertz CT molecular complexity index is 1040. The van der Waals surface area contributed by atoms with E-state index in [1.54, 1.807) is 12.3 Å². The van der Waals surface area contributed by atoms with Crippen LogP contribution in [0.5, 0.6) is 0 Å². The Labute approximate surface area is 165 Å². The molecule has 1 aliphatic rings. The van der Waals surface area contributed by atoms with Crippen molar-refractivity contribution in [3.8, 4) is 0 Å². The lowest BCUT2D eigenvalue weighted by Crippen LogP contribution is -2.19. The molecular formula is C20H15N3O2S2. The molecule has 1 aromatic carbocycles. The van der Waals surface area contributed by atoms with E-state index in [1.165, 1.54) is 23.5 Å². The fourth-order valence-corrected chi connectivity index (χ4v) is 3.94. The molecular weight excluding hydrogens is 378 g/mol. The number of carbonyl (C=O) groups excluding carboxylic acids is 1. The number of thioether (sulfide) groups is 1. The number of aliphatic imine (C=N–C) groups is 1. The molecule has 134 valence electrons. The number of nitrogens with zero attached hydrogens (tertiary/aromatic N) is 2. The van der Waals surface area contributed by atoms with Crippen LogP contribution in [-0.2, 0) is 4.79 Å². The van der Waals surface area contributed by atoms with E-state index >= 15 is 0 Å². The van der Waals surface area contributed by atoms with Gasteiger partial charge in [0.1, 0.15) is 10.8 Å². The Morgan fingerprint density at radius 1 is 1.15 bits per heavy atom. The molecule has 7 heteroatoms. The summed E-state index contributed by atoms with van der Waals surface area (Å²) in [6.07, 6.45) is 3.46. The Morgan fingerprint density at radius 3 is 2.81 bits per heavy atom. The zero-order valence-corrected chi connectivity index (χ0v) is 16.0. The standard InChI is InChI=1S/C20H15N3O2S2/c1-13-6-2-3-7-15(13)22-20-23-19(24)16(26-20)12-14-9-10-18(25-14)27-17-8-4-5-11-21-17/h2-12H,1H3,(H,22,23,24)/b16-12-. The SMILES string of the molecule is Cc1ccccc1N=C1NC(=O)/C(=C/c2ccc(Sc3ccccn3)o2)S1. The molecule has 1 fully saturated rings. The monoisotopic (exact) mass is 393 g/mol. The lowest BCUT2D eigenvalue weighted by Gasteiger charge is -1.99. The van der Waals surface area contributed by atoms with Crippen LogP contribution >= 0.6 is 23.5 Å². The lowest BCUT2D eigenvalue weighted by atomic mass is 10.2. The molecule has 2 aromatic heterocycles. The second-order valence-electron chi connectivity index (χ2n) is 5.70. The number of furan rings is 1. The van der Waals surface area contributed by atoms with Crippen molar-refractivity contribution in [3.63, 3.8) is 0 Å². The van der Waals surface area contributed by atoms with Crippen LogP contribution in [0, 0.1) is 6.92 Å². The van der Waals surface area contributed by atoms with Crippen LogP contribution in [-0.4, -0.2) is 16.1 Å². The van der Waals surface area contributed by atoms with Gasteiger partial charge in [0.25, 0.3) is 5.91 Å². The molecule has 3 aromatic rings. The lowest BCUT2D eigenvalue weighted by molar-refractivity contribution is -0.115. The smallest absolute Gasteiger partial charge is 0.264 e. The molecule has 0 atom stereocenters. The van der Waals surface area contributed by atoms with Crippen molar-refractivity contribution >= 4 is 46.4 Å². The highest BCUT2D eigenvalue weighted by Crippen LogP contribution is 2.32. The van der Waals surface area contributed by atoms with Crippen LogP contribution in [0.15, 0.2) is 85.2 Å². The number of benzene rings is 1. The number of carbonyl (C=O) groups is 1. The number of para-hydroxylation sites is 1. The molecule has 4 rings (SSSR count). The minimum absolute atomic E-state index is 0.178. The number of nitrogens with one attached hydrogen (secondary N) is 1. The summed E-state index contributed by atoms with van der Waals surface area (Å²) in [5.74, 6) is 0.436. The Kier molecular flexibility index (Phi) is 5.13. The summed E-state index contributed by atoms with van der Waals surface area (Å²) in [5, 5.41) is 4.93. The first kappa shape index (κ1) is 17.6. The maximum atomic E-state index is 12.2. The van der Waals surface area contributed by atoms with Crippen molar-refractivity contribution in [1.82, 2.24) is 10.3 Å². The number of hydrogen-bond acceptors (Lipinski definition) is 6. The Balaban J connectivity index is 1.50. The molecule has 1 amide bonds. The van der Waals surface area contributed by atoms with Gasteiger partial charge in [0, 0.05) is 12.3 Å². The van der Waals surface area contributed by atoms with Crippen molar-refractivity contribution in [1.29, 1.82) is 0 Å². The van der Waals surface area contributed by atoms with Gasteiger partial charge in [-0.2, -0.15) is 0 Å². The number of aryl methyl sites for hydroxylation is 1. The summed E-state index contributed by atoms with van der Waals surface area (Å²) < 4.78 is 5.78. The van der Waals surface area contributed by atoms with Crippen LogP contribution < -0.4 is 5.32 Å². The molecule has 1 aliphatic heterocycles. The number of hydrogen-bond donors (Lipinski definition) is 1. The van der Waals surface area contributed by atoms with Crippen molar-refractivity contribution in [2.75, 3.05) is 0 Å². The number of pyridine rings is 1. The van der Waals surface area contributed by atoms with Gasteiger partial charge in [-0.15, -0.1) is 0 Å². The van der Waals surface area contributed by atoms with E-state index in [2.05, 4.69) is 15.3 Å². The third kappa shape index (κ3) is 4.32. The van der Waals surface area contributed by atoms with Crippen molar-refractivity contribution in [3.05, 3.63) is 77.0 Å². The molecule has 1 saturated heterocycles. The molecule has 0 aliphatic carbocycles. The highest BCUT2D eigenvalue weighted by molar-refractivity contribution is 8.18. The summed E-state index contributed by atoms with van der Waals surface area (Å²) in [7, 11) is 0. The zero-order chi connectivity index (χ0) is 18.6. The second kappa shape index (κ2) is 7.85. The quantitative estimate of drug-likeness (QED) is 0.630.